The average molecular weight is 214 g/mol. The molecule has 3 heterocycles. The molecule has 2 aliphatic rings. The number of aryl methyl sites for hydroxylation is 1. The molecule has 4 rings (SSSR count). The number of hydrogen-bond donors (Lipinski definition) is 1. The number of fused-ring (bicyclic) bond motifs is 2. The molecule has 4 nitrogen and oxygen atoms in total. The van der Waals surface area contributed by atoms with Crippen LogP contribution in [0.3, 0.4) is 0 Å². The number of imidazole rings is 1. The first-order chi connectivity index (χ1) is 7.92. The molecule has 0 atom stereocenters. The highest BCUT2D eigenvalue weighted by Gasteiger charge is 2.28. The fraction of sp³-hybridized carbons (Fsp3) is 0.500. The van der Waals surface area contributed by atoms with Crippen molar-refractivity contribution in [3.05, 3.63) is 23.5 Å². The van der Waals surface area contributed by atoms with Gasteiger partial charge >= 0.3 is 0 Å². The van der Waals surface area contributed by atoms with Crippen molar-refractivity contribution in [3.8, 4) is 0 Å². The summed E-state index contributed by atoms with van der Waals surface area (Å²) in [5, 5.41) is 8.05. The predicted molar refractivity (Wildman–Crippen MR) is 61.8 cm³/mol. The van der Waals surface area contributed by atoms with E-state index in [0.29, 0.717) is 5.92 Å². The lowest BCUT2D eigenvalue weighted by Gasteiger charge is -2.16. The van der Waals surface area contributed by atoms with E-state index in [9.17, 15) is 0 Å². The first-order valence-electron chi connectivity index (χ1n) is 6.03. The van der Waals surface area contributed by atoms with E-state index >= 15 is 0 Å². The molecule has 0 saturated heterocycles. The van der Waals surface area contributed by atoms with Crippen LogP contribution in [-0.2, 0) is 6.42 Å². The number of nitrogens with zero attached hydrogens (tertiary/aromatic N) is 3. The van der Waals surface area contributed by atoms with Gasteiger partial charge in [0.15, 0.2) is 5.65 Å². The molecule has 0 amide bonds. The van der Waals surface area contributed by atoms with Crippen molar-refractivity contribution in [1.82, 2.24) is 14.6 Å². The fourth-order valence-electron chi connectivity index (χ4n) is 2.45. The van der Waals surface area contributed by atoms with Gasteiger partial charge in [-0.3, -0.25) is 0 Å². The van der Waals surface area contributed by atoms with Gasteiger partial charge in [0.05, 0.1) is 11.9 Å². The Bertz CT molecular complexity index is 553. The van der Waals surface area contributed by atoms with Crippen LogP contribution in [0.5, 0.6) is 0 Å². The van der Waals surface area contributed by atoms with E-state index in [1.54, 1.807) is 0 Å². The number of rotatable bonds is 1. The highest BCUT2D eigenvalue weighted by atomic mass is 15.3. The summed E-state index contributed by atoms with van der Waals surface area (Å²) in [6, 6.07) is 2.18. The first-order valence-corrected chi connectivity index (χ1v) is 6.03. The van der Waals surface area contributed by atoms with Gasteiger partial charge in [0, 0.05) is 18.0 Å². The van der Waals surface area contributed by atoms with E-state index < -0.39 is 0 Å². The Morgan fingerprint density at radius 1 is 1.38 bits per heavy atom. The SMILES string of the molecule is c1nc2cc3c(nn2c1C1CC1)NCCC3. The lowest BCUT2D eigenvalue weighted by molar-refractivity contribution is 0.776. The molecule has 0 bridgehead atoms. The molecule has 1 fully saturated rings. The molecule has 0 radical (unpaired) electrons. The van der Waals surface area contributed by atoms with Crippen molar-refractivity contribution in [3.63, 3.8) is 0 Å². The summed E-state index contributed by atoms with van der Waals surface area (Å²) in [5.41, 5.74) is 3.60. The predicted octanol–water partition coefficient (Wildman–Crippen LogP) is 1.96. The van der Waals surface area contributed by atoms with Crippen LogP contribution in [0.4, 0.5) is 5.82 Å². The smallest absolute Gasteiger partial charge is 0.154 e. The maximum atomic E-state index is 4.68. The Morgan fingerprint density at radius 2 is 2.31 bits per heavy atom. The highest BCUT2D eigenvalue weighted by molar-refractivity contribution is 5.54. The maximum absolute atomic E-state index is 4.68. The highest BCUT2D eigenvalue weighted by Crippen LogP contribution is 2.40. The maximum Gasteiger partial charge on any atom is 0.154 e. The van der Waals surface area contributed by atoms with Gasteiger partial charge < -0.3 is 5.32 Å². The van der Waals surface area contributed by atoms with Gasteiger partial charge in [0.2, 0.25) is 0 Å². The second kappa shape index (κ2) is 2.97. The van der Waals surface area contributed by atoms with Crippen LogP contribution in [0.2, 0.25) is 0 Å². The topological polar surface area (TPSA) is 42.2 Å². The summed E-state index contributed by atoms with van der Waals surface area (Å²) in [5.74, 6) is 1.75. The molecule has 0 aromatic carbocycles. The zero-order valence-corrected chi connectivity index (χ0v) is 9.11. The number of hydrogen-bond acceptors (Lipinski definition) is 3. The quantitative estimate of drug-likeness (QED) is 0.789. The summed E-state index contributed by atoms with van der Waals surface area (Å²) in [6.45, 7) is 1.04. The van der Waals surface area contributed by atoms with Crippen LogP contribution >= 0.6 is 0 Å². The van der Waals surface area contributed by atoms with Crippen molar-refractivity contribution in [1.29, 1.82) is 0 Å². The normalized spacial score (nSPS) is 19.5. The van der Waals surface area contributed by atoms with Gasteiger partial charge in [-0.15, -0.1) is 5.10 Å². The lowest BCUT2D eigenvalue weighted by atomic mass is 10.1. The minimum Gasteiger partial charge on any atom is -0.368 e. The average Bonchev–Trinajstić information content (AvgIpc) is 3.08. The Labute approximate surface area is 93.7 Å². The minimum atomic E-state index is 0.698. The van der Waals surface area contributed by atoms with Gasteiger partial charge in [-0.05, 0) is 31.7 Å². The van der Waals surface area contributed by atoms with Gasteiger partial charge in [-0.25, -0.2) is 9.50 Å². The lowest BCUT2D eigenvalue weighted by Crippen LogP contribution is -2.15. The summed E-state index contributed by atoms with van der Waals surface area (Å²) >= 11 is 0. The van der Waals surface area contributed by atoms with Crippen molar-refractivity contribution < 1.29 is 0 Å². The largest absolute Gasteiger partial charge is 0.368 e. The summed E-state index contributed by atoms with van der Waals surface area (Å²) in [6.07, 6.45) is 6.89. The third kappa shape index (κ3) is 1.16. The van der Waals surface area contributed by atoms with E-state index in [0.717, 1.165) is 24.4 Å². The van der Waals surface area contributed by atoms with Crippen LogP contribution in [0.15, 0.2) is 12.3 Å². The summed E-state index contributed by atoms with van der Waals surface area (Å²) in [7, 11) is 0. The zero-order chi connectivity index (χ0) is 10.5. The molecule has 1 saturated carbocycles. The van der Waals surface area contributed by atoms with Crippen molar-refractivity contribution in [2.75, 3.05) is 11.9 Å². The molecule has 82 valence electrons. The third-order valence-corrected chi connectivity index (χ3v) is 3.51. The van der Waals surface area contributed by atoms with Gasteiger partial charge in [0.25, 0.3) is 0 Å². The van der Waals surface area contributed by atoms with Gasteiger partial charge in [0.1, 0.15) is 5.82 Å². The van der Waals surface area contributed by atoms with Crippen molar-refractivity contribution >= 4 is 11.5 Å². The van der Waals surface area contributed by atoms with E-state index in [1.807, 2.05) is 10.7 Å². The van der Waals surface area contributed by atoms with Crippen molar-refractivity contribution in [2.45, 2.75) is 31.6 Å². The van der Waals surface area contributed by atoms with Gasteiger partial charge in [-0.2, -0.15) is 0 Å². The Hall–Kier alpha value is -1.58. The molecular formula is C12H14N4. The second-order valence-corrected chi connectivity index (χ2v) is 4.78. The number of nitrogens with one attached hydrogen (secondary N) is 1. The number of aromatic nitrogens is 3. The molecule has 16 heavy (non-hydrogen) atoms. The Balaban J connectivity index is 1.94. The monoisotopic (exact) mass is 214 g/mol. The molecule has 2 aromatic rings. The molecule has 0 spiro atoms. The molecule has 2 aromatic heterocycles. The number of anilines is 1. The molecule has 1 N–H and O–H groups in total. The first kappa shape index (κ1) is 8.56. The van der Waals surface area contributed by atoms with Crippen LogP contribution in [0.1, 0.15) is 36.4 Å². The molecule has 1 aliphatic heterocycles. The van der Waals surface area contributed by atoms with Crippen LogP contribution in [0, 0.1) is 0 Å². The zero-order valence-electron chi connectivity index (χ0n) is 9.11. The summed E-state index contributed by atoms with van der Waals surface area (Å²) in [4.78, 5) is 4.46. The fourth-order valence-corrected chi connectivity index (χ4v) is 2.45. The van der Waals surface area contributed by atoms with Crippen molar-refractivity contribution in [2.24, 2.45) is 0 Å². The molecule has 1 aliphatic carbocycles. The molecule has 0 unspecified atom stereocenters. The third-order valence-electron chi connectivity index (χ3n) is 3.51. The van der Waals surface area contributed by atoms with E-state index in [1.165, 1.54) is 30.5 Å². The van der Waals surface area contributed by atoms with E-state index in [-0.39, 0.29) is 0 Å². The summed E-state index contributed by atoms with van der Waals surface area (Å²) < 4.78 is 2.02. The van der Waals surface area contributed by atoms with E-state index in [4.69, 9.17) is 0 Å². The minimum absolute atomic E-state index is 0.698. The Kier molecular flexibility index (Phi) is 1.59. The van der Waals surface area contributed by atoms with Crippen LogP contribution in [-0.4, -0.2) is 21.1 Å². The molecule has 4 heteroatoms. The van der Waals surface area contributed by atoms with Crippen LogP contribution < -0.4 is 5.32 Å². The van der Waals surface area contributed by atoms with Gasteiger partial charge in [-0.1, -0.05) is 0 Å². The second-order valence-electron chi connectivity index (χ2n) is 4.78. The standard InChI is InChI=1S/C12H14N4/c1-2-9-6-11-14-7-10(8-3-4-8)16(11)15-12(9)13-5-1/h6-8H,1-5H2,(H,13,15). The molecular weight excluding hydrogens is 200 g/mol. The Morgan fingerprint density at radius 3 is 3.19 bits per heavy atom. The van der Waals surface area contributed by atoms with E-state index in [2.05, 4.69) is 21.5 Å². The van der Waals surface area contributed by atoms with Crippen LogP contribution in [0.25, 0.3) is 5.65 Å².